The molecular weight excluding hydrogens is 1720 g/mol. The number of hydrogen-bond acceptors (Lipinski definition) is 32. The first-order valence-electron chi connectivity index (χ1n) is 46.9. The number of methoxy groups -OCH3 is 3. The van der Waals surface area contributed by atoms with E-state index in [1.165, 1.54) is 36.3 Å². The fourth-order valence-electron chi connectivity index (χ4n) is 18.8. The molecule has 7 aromatic rings. The lowest BCUT2D eigenvalue weighted by Gasteiger charge is -2.42. The van der Waals surface area contributed by atoms with Crippen LogP contribution in [0, 0.1) is 35.5 Å². The van der Waals surface area contributed by atoms with Crippen LogP contribution in [0.15, 0.2) is 120 Å². The topological polar surface area (TPSA) is 458 Å². The van der Waals surface area contributed by atoms with Crippen LogP contribution in [0.3, 0.4) is 0 Å². The van der Waals surface area contributed by atoms with Gasteiger partial charge >= 0.3 is 11.9 Å². The van der Waals surface area contributed by atoms with Gasteiger partial charge in [-0.25, -0.2) is 39.4 Å². The summed E-state index contributed by atoms with van der Waals surface area (Å²) in [5.41, 5.74) is 20.9. The summed E-state index contributed by atoms with van der Waals surface area (Å²) < 4.78 is 60.7. The summed E-state index contributed by atoms with van der Waals surface area (Å²) in [6.07, 6.45) is 19.1. The van der Waals surface area contributed by atoms with Crippen molar-refractivity contribution in [3.63, 3.8) is 0 Å². The Labute approximate surface area is 781 Å². The van der Waals surface area contributed by atoms with Crippen LogP contribution in [-0.4, -0.2) is 273 Å². The molecule has 1 saturated carbocycles. The second-order valence-electron chi connectivity index (χ2n) is 36.4. The Morgan fingerprint density at radius 1 is 0.716 bits per heavy atom. The molecule has 2 bridgehead atoms. The first kappa shape index (κ1) is 100. The number of hydrogen-bond donors (Lipinski definition) is 5. The van der Waals surface area contributed by atoms with Crippen LogP contribution in [0.25, 0.3) is 33.4 Å². The average Bonchev–Trinajstić information content (AvgIpc) is 1.60. The van der Waals surface area contributed by atoms with Crippen LogP contribution in [0.1, 0.15) is 171 Å². The number of aryl methyl sites for hydroxylation is 1. The van der Waals surface area contributed by atoms with Gasteiger partial charge in [-0.15, -0.1) is 0 Å². The van der Waals surface area contributed by atoms with E-state index in [1.807, 2.05) is 83.8 Å². The lowest BCUT2D eigenvalue weighted by atomic mass is 9.78. The molecular formula is C98H130N16O20. The molecule has 36 nitrogen and oxygen atoms in total. The normalized spacial score (nSPS) is 26.8. The number of cyclic esters (lactones) is 1. The first-order valence-corrected chi connectivity index (χ1v) is 46.9. The molecule has 10 heterocycles. The highest BCUT2D eigenvalue weighted by molar-refractivity contribution is 6.39. The fourth-order valence-corrected chi connectivity index (χ4v) is 18.8. The van der Waals surface area contributed by atoms with Crippen molar-refractivity contribution in [1.82, 2.24) is 59.8 Å². The maximum atomic E-state index is 14.8. The number of nitrogens with zero attached hydrogens (tertiary/aromatic N) is 13. The molecule has 13 rings (SSSR count). The highest BCUT2D eigenvalue weighted by Gasteiger charge is 2.53. The smallest absolute Gasteiger partial charge is 0.329 e. The van der Waals surface area contributed by atoms with Crippen LogP contribution in [-0.2, 0) is 102 Å². The van der Waals surface area contributed by atoms with E-state index in [-0.39, 0.29) is 99.6 Å². The Morgan fingerprint density at radius 3 is 2.16 bits per heavy atom. The van der Waals surface area contributed by atoms with Gasteiger partial charge in [0.2, 0.25) is 23.6 Å². The summed E-state index contributed by atoms with van der Waals surface area (Å²) in [7, 11) is 4.51. The molecule has 3 saturated heterocycles. The van der Waals surface area contributed by atoms with E-state index in [4.69, 9.17) is 63.6 Å². The number of fused-ring (bicyclic) bond motifs is 6. The van der Waals surface area contributed by atoms with Crippen molar-refractivity contribution in [3.8, 4) is 11.3 Å². The van der Waals surface area contributed by atoms with E-state index in [2.05, 4.69) is 57.2 Å². The van der Waals surface area contributed by atoms with E-state index >= 15 is 0 Å². The van der Waals surface area contributed by atoms with Gasteiger partial charge in [0.15, 0.2) is 17.0 Å². The van der Waals surface area contributed by atoms with Crippen molar-refractivity contribution in [1.29, 1.82) is 0 Å². The number of aliphatic hydroxyl groups is 2. The Bertz CT molecular complexity index is 5350. The van der Waals surface area contributed by atoms with Gasteiger partial charge in [-0.3, -0.25) is 33.6 Å². The standard InChI is InChI=1S/C98H130N16O20/c1-59-16-12-11-13-17-60(2)79(125-8)50-73-25-19-65(7)98(124,134-73)89(120)93(122)113-32-15-14-18-75(113)94(123)132-80(51-76(115)61(3)45-64(6)87(119)88(127-10)86(118)63(5)44-59)62(4)46-66-21-26-78(81(48-66)126-9)131-83(117)28-22-68-52-102-96(103-53-68)110-34-36-111(37-35-110)97-104-54-72(55-105-97)92(121)101-31-39-129-41-43-130-42-40-128-38-30-82(116)112-33-29-69-47-67(20-23-71(69)57-112)56-114-91-84(90(99)106-58-107-91)85(109-114)70-24-27-77-74(49-70)108-95(100)133-77/h11-13,16-17,20,23-24,27,45,47,49,52-55,58-59,61-63,65-66,73,75,78-81,87-88,119,124H,14-15,18-19,21-22,25-26,28-44,46,48,50-51,56-57H2,1-10H3,(H2,100,108)(H,101,121)(H2,99,106,107)/b13-11+,16-12+,60-17+,64-45+/t59-,61-,62-,63-,65-,66+,73+,75+,78-,79+,80+,81-,87-,88+,98-/m1/s1. The van der Waals surface area contributed by atoms with Gasteiger partial charge in [-0.2, -0.15) is 10.1 Å². The minimum Gasteiger partial charge on any atom is -0.460 e. The zero-order chi connectivity index (χ0) is 95.3. The number of ether oxygens (including phenoxy) is 9. The van der Waals surface area contributed by atoms with Gasteiger partial charge in [0.05, 0.1) is 81.9 Å². The zero-order valence-corrected chi connectivity index (χ0v) is 78.5. The minimum atomic E-state index is -2.49. The number of benzene rings is 2. The number of rotatable bonds is 28. The van der Waals surface area contributed by atoms with E-state index in [0.29, 0.717) is 200 Å². The number of Topliss-reactive ketones (excluding diaryl/α,β-unsaturated/α-hetero) is 3. The number of ketones is 3. The summed E-state index contributed by atoms with van der Waals surface area (Å²) in [6, 6.07) is 10.7. The molecule has 15 atom stereocenters. The molecule has 7 N–H and O–H groups in total. The maximum Gasteiger partial charge on any atom is 0.329 e. The molecule has 0 spiro atoms. The first-order chi connectivity index (χ1) is 64.6. The number of carbonyl (C=O) groups excluding carboxylic acids is 8. The number of anilines is 4. The van der Waals surface area contributed by atoms with E-state index < -0.39 is 102 Å². The number of aromatic nitrogens is 9. The monoisotopic (exact) mass is 1850 g/mol. The summed E-state index contributed by atoms with van der Waals surface area (Å²) >= 11 is 0. The number of nitrogens with two attached hydrogens (primary N) is 2. The summed E-state index contributed by atoms with van der Waals surface area (Å²) in [5, 5.41) is 32.3. The van der Waals surface area contributed by atoms with Gasteiger partial charge in [-0.1, -0.05) is 89.3 Å². The molecule has 5 aromatic heterocycles. The quantitative estimate of drug-likeness (QED) is 0.0132. The highest BCUT2D eigenvalue weighted by atomic mass is 16.6. The number of nitrogens with one attached hydrogen (secondary N) is 1. The fraction of sp³-hybridized carbons (Fsp3) is 0.571. The predicted octanol–water partition coefficient (Wildman–Crippen LogP) is 9.19. The number of piperazine rings is 1. The number of piperidine rings is 1. The van der Waals surface area contributed by atoms with E-state index in [1.54, 1.807) is 66.5 Å². The number of oxazole rings is 1. The van der Waals surface area contributed by atoms with Crippen molar-refractivity contribution < 1.29 is 95.6 Å². The van der Waals surface area contributed by atoms with Crippen LogP contribution < -0.4 is 26.6 Å². The number of amides is 3. The number of allylic oxidation sites excluding steroid dienone is 6. The van der Waals surface area contributed by atoms with Crippen molar-refractivity contribution in [2.24, 2.45) is 35.5 Å². The van der Waals surface area contributed by atoms with Crippen LogP contribution in [0.4, 0.5) is 23.7 Å². The van der Waals surface area contributed by atoms with Crippen molar-refractivity contribution in [3.05, 3.63) is 143 Å². The molecule has 36 heteroatoms. The number of esters is 2. The molecule has 722 valence electrons. The largest absolute Gasteiger partial charge is 0.460 e. The lowest BCUT2D eigenvalue weighted by Crippen LogP contribution is -2.61. The second-order valence-corrected chi connectivity index (χ2v) is 36.4. The van der Waals surface area contributed by atoms with E-state index in [9.17, 15) is 48.6 Å². The third-order valence-electron chi connectivity index (χ3n) is 26.7. The average molecular weight is 1850 g/mol. The molecule has 1 aliphatic carbocycles. The van der Waals surface area contributed by atoms with Crippen LogP contribution in [0.5, 0.6) is 0 Å². The van der Waals surface area contributed by atoms with Crippen molar-refractivity contribution in [2.45, 2.75) is 219 Å². The predicted molar refractivity (Wildman–Crippen MR) is 497 cm³/mol. The molecule has 134 heavy (non-hydrogen) atoms. The second kappa shape index (κ2) is 47.3. The van der Waals surface area contributed by atoms with Gasteiger partial charge in [0.1, 0.15) is 59.6 Å². The minimum absolute atomic E-state index is 0.0206. The Kier molecular flexibility index (Phi) is 35.4. The van der Waals surface area contributed by atoms with Crippen LogP contribution >= 0.6 is 0 Å². The summed E-state index contributed by atoms with van der Waals surface area (Å²) in [6.45, 7) is 18.6. The number of nitrogen functional groups attached to an aromatic ring is 2. The number of aliphatic hydroxyl groups excluding tert-OH is 1. The molecule has 3 amide bonds. The Balaban J connectivity index is 0.508. The van der Waals surface area contributed by atoms with Crippen LogP contribution in [0.2, 0.25) is 0 Å². The molecule has 0 radical (unpaired) electrons. The van der Waals surface area contributed by atoms with Gasteiger partial charge in [0, 0.05) is 141 Å². The molecule has 5 aliphatic heterocycles. The maximum absolute atomic E-state index is 14.8. The molecule has 0 unspecified atom stereocenters. The van der Waals surface area contributed by atoms with E-state index in [0.717, 1.165) is 27.8 Å². The third-order valence-corrected chi connectivity index (χ3v) is 26.7. The highest BCUT2D eigenvalue weighted by Crippen LogP contribution is 2.40. The Morgan fingerprint density at radius 2 is 1.44 bits per heavy atom. The zero-order valence-electron chi connectivity index (χ0n) is 78.5. The molecule has 2 aromatic carbocycles. The molecule has 4 fully saturated rings. The lowest BCUT2D eigenvalue weighted by molar-refractivity contribution is -0.265. The van der Waals surface area contributed by atoms with Gasteiger partial charge in [0.25, 0.3) is 23.6 Å². The summed E-state index contributed by atoms with van der Waals surface area (Å²) in [5.74, 6) is -8.11. The van der Waals surface area contributed by atoms with Gasteiger partial charge in [-0.05, 0) is 160 Å². The van der Waals surface area contributed by atoms with Crippen molar-refractivity contribution in [2.75, 3.05) is 128 Å². The Hall–Kier alpha value is -11.2. The van der Waals surface area contributed by atoms with Crippen molar-refractivity contribution >= 4 is 92.9 Å². The number of carbonyl (C=O) groups is 8. The third kappa shape index (κ3) is 25.7. The summed E-state index contributed by atoms with van der Waals surface area (Å²) in [4.78, 5) is 151. The van der Waals surface area contributed by atoms with Gasteiger partial charge < -0.3 is 93.6 Å². The SMILES string of the molecule is CO[C@H]1C[C@@H]2CC[C@@H](C)[C@@](O)(O2)C(=O)C(=O)N2CCCC[C@H]2C(=O)O[C@H]([C@H](C)C[C@@H]2CC[C@@H](OC(=O)CCc3cnc(N4CCN(c5ncc(C(=O)NCCOCCOCCOCCC(=O)N6CCc7cc(Cn8nc(-c9ccc%10oc(N)nc%10c9)c9c(N)ncnc98)ccc7C6)cn5)CC4)nc3)[C@H](OC)C2)CC(=O)[C@H](C)/C=C(\C)[C@@H](O)[C@@H](OC)C(=O)[C@H](C)C[C@H](C)/C=C/C=C/C=C/1C. The molecule has 6 aliphatic rings.